The van der Waals surface area contributed by atoms with Crippen LogP contribution in [0.4, 0.5) is 0 Å². The standard InChI is InChI=1S/C10H18O3/c1-4-7-8(9(11)5-2)10(12)13-6-3/h5,8-9,11H,2,4,6-7H2,1,3H3/t8-,9+/m0/s1. The van der Waals surface area contributed by atoms with Crippen LogP contribution in [0.15, 0.2) is 12.7 Å². The molecule has 1 N–H and O–H groups in total. The Kier molecular flexibility index (Phi) is 6.24. The third-order valence-corrected chi connectivity index (χ3v) is 1.84. The third-order valence-electron chi connectivity index (χ3n) is 1.84. The van der Waals surface area contributed by atoms with E-state index < -0.39 is 12.0 Å². The van der Waals surface area contributed by atoms with E-state index in [1.165, 1.54) is 6.08 Å². The van der Waals surface area contributed by atoms with Gasteiger partial charge in [0.2, 0.25) is 0 Å². The van der Waals surface area contributed by atoms with Crippen LogP contribution in [0, 0.1) is 5.92 Å². The van der Waals surface area contributed by atoms with Crippen LogP contribution in [-0.4, -0.2) is 23.8 Å². The van der Waals surface area contributed by atoms with Crippen molar-refractivity contribution in [2.75, 3.05) is 6.61 Å². The highest BCUT2D eigenvalue weighted by molar-refractivity contribution is 5.73. The van der Waals surface area contributed by atoms with Crippen molar-refractivity contribution in [3.63, 3.8) is 0 Å². The lowest BCUT2D eigenvalue weighted by Gasteiger charge is -2.17. The van der Waals surface area contributed by atoms with Crippen molar-refractivity contribution < 1.29 is 14.6 Å². The van der Waals surface area contributed by atoms with Gasteiger partial charge >= 0.3 is 5.97 Å². The highest BCUT2D eigenvalue weighted by Gasteiger charge is 2.24. The molecule has 0 spiro atoms. The Hall–Kier alpha value is -0.830. The van der Waals surface area contributed by atoms with Gasteiger partial charge in [-0.3, -0.25) is 4.79 Å². The first kappa shape index (κ1) is 12.2. The fourth-order valence-corrected chi connectivity index (χ4v) is 1.15. The summed E-state index contributed by atoms with van der Waals surface area (Å²) >= 11 is 0. The Morgan fingerprint density at radius 2 is 2.23 bits per heavy atom. The quantitative estimate of drug-likeness (QED) is 0.505. The van der Waals surface area contributed by atoms with Gasteiger partial charge in [0.15, 0.2) is 0 Å². The van der Waals surface area contributed by atoms with Gasteiger partial charge in [0.25, 0.3) is 0 Å². The zero-order valence-electron chi connectivity index (χ0n) is 8.32. The van der Waals surface area contributed by atoms with E-state index in [4.69, 9.17) is 4.74 Å². The molecule has 0 aliphatic rings. The molecule has 3 nitrogen and oxygen atoms in total. The Bertz CT molecular complexity index is 166. The number of rotatable bonds is 6. The minimum atomic E-state index is -0.793. The smallest absolute Gasteiger partial charge is 0.311 e. The third kappa shape index (κ3) is 4.08. The van der Waals surface area contributed by atoms with Crippen LogP contribution in [-0.2, 0) is 9.53 Å². The van der Waals surface area contributed by atoms with Crippen molar-refractivity contribution in [3.8, 4) is 0 Å². The summed E-state index contributed by atoms with van der Waals surface area (Å²) < 4.78 is 4.83. The number of aliphatic hydroxyl groups is 1. The zero-order valence-corrected chi connectivity index (χ0v) is 8.32. The normalized spacial score (nSPS) is 14.7. The van der Waals surface area contributed by atoms with Gasteiger partial charge in [-0.15, -0.1) is 6.58 Å². The summed E-state index contributed by atoms with van der Waals surface area (Å²) in [6, 6.07) is 0. The van der Waals surface area contributed by atoms with E-state index in [1.54, 1.807) is 6.92 Å². The van der Waals surface area contributed by atoms with Crippen molar-refractivity contribution in [2.24, 2.45) is 5.92 Å². The van der Waals surface area contributed by atoms with Gasteiger partial charge in [0.05, 0.1) is 18.6 Å². The Balaban J connectivity index is 4.21. The van der Waals surface area contributed by atoms with Crippen molar-refractivity contribution in [2.45, 2.75) is 32.8 Å². The molecule has 0 fully saturated rings. The van der Waals surface area contributed by atoms with E-state index in [0.29, 0.717) is 13.0 Å². The molecular weight excluding hydrogens is 168 g/mol. The van der Waals surface area contributed by atoms with Gasteiger partial charge in [-0.05, 0) is 13.3 Å². The van der Waals surface area contributed by atoms with Crippen molar-refractivity contribution in [1.29, 1.82) is 0 Å². The van der Waals surface area contributed by atoms with Gasteiger partial charge in [0, 0.05) is 0 Å². The maximum absolute atomic E-state index is 11.3. The Morgan fingerprint density at radius 1 is 1.62 bits per heavy atom. The average Bonchev–Trinajstić information content (AvgIpc) is 2.13. The first-order valence-corrected chi connectivity index (χ1v) is 4.64. The summed E-state index contributed by atoms with van der Waals surface area (Å²) in [6.45, 7) is 7.51. The molecule has 0 bridgehead atoms. The molecule has 2 atom stereocenters. The predicted molar refractivity (Wildman–Crippen MR) is 51.2 cm³/mol. The van der Waals surface area contributed by atoms with Crippen LogP contribution < -0.4 is 0 Å². The highest BCUT2D eigenvalue weighted by atomic mass is 16.5. The van der Waals surface area contributed by atoms with E-state index in [0.717, 1.165) is 6.42 Å². The van der Waals surface area contributed by atoms with Gasteiger partial charge in [0.1, 0.15) is 0 Å². The Morgan fingerprint density at radius 3 is 2.62 bits per heavy atom. The minimum absolute atomic E-state index is 0.336. The second-order valence-corrected chi connectivity index (χ2v) is 2.87. The van der Waals surface area contributed by atoms with Crippen LogP contribution in [0.25, 0.3) is 0 Å². The Labute approximate surface area is 79.4 Å². The monoisotopic (exact) mass is 186 g/mol. The van der Waals surface area contributed by atoms with Crippen LogP contribution in [0.3, 0.4) is 0 Å². The molecule has 0 aromatic heterocycles. The molecule has 0 aromatic rings. The van der Waals surface area contributed by atoms with E-state index in [-0.39, 0.29) is 5.97 Å². The maximum atomic E-state index is 11.3. The SMILES string of the molecule is C=C[C@@H](O)[C@H](CCC)C(=O)OCC. The van der Waals surface area contributed by atoms with Crippen molar-refractivity contribution in [3.05, 3.63) is 12.7 Å². The highest BCUT2D eigenvalue weighted by Crippen LogP contribution is 2.14. The summed E-state index contributed by atoms with van der Waals surface area (Å²) in [5.74, 6) is -0.792. The summed E-state index contributed by atoms with van der Waals surface area (Å²) in [4.78, 5) is 11.3. The number of ether oxygens (including phenoxy) is 1. The fraction of sp³-hybridized carbons (Fsp3) is 0.700. The van der Waals surface area contributed by atoms with Gasteiger partial charge in [-0.1, -0.05) is 19.4 Å². The first-order valence-electron chi connectivity index (χ1n) is 4.64. The molecule has 0 unspecified atom stereocenters. The van der Waals surface area contributed by atoms with Crippen LogP contribution in [0.2, 0.25) is 0 Å². The van der Waals surface area contributed by atoms with Gasteiger partial charge in [-0.25, -0.2) is 0 Å². The summed E-state index contributed by atoms with van der Waals surface area (Å²) in [5.41, 5.74) is 0. The molecular formula is C10H18O3. The molecule has 0 amide bonds. The zero-order chi connectivity index (χ0) is 10.3. The fourth-order valence-electron chi connectivity index (χ4n) is 1.15. The van der Waals surface area contributed by atoms with Crippen LogP contribution >= 0.6 is 0 Å². The second-order valence-electron chi connectivity index (χ2n) is 2.87. The van der Waals surface area contributed by atoms with E-state index in [9.17, 15) is 9.90 Å². The van der Waals surface area contributed by atoms with E-state index in [2.05, 4.69) is 6.58 Å². The van der Waals surface area contributed by atoms with E-state index >= 15 is 0 Å². The summed E-state index contributed by atoms with van der Waals surface area (Å²) in [6.07, 6.45) is 2.05. The summed E-state index contributed by atoms with van der Waals surface area (Å²) in [5, 5.41) is 9.43. The van der Waals surface area contributed by atoms with E-state index in [1.807, 2.05) is 6.92 Å². The largest absolute Gasteiger partial charge is 0.466 e. The van der Waals surface area contributed by atoms with Gasteiger partial charge in [-0.2, -0.15) is 0 Å². The van der Waals surface area contributed by atoms with Gasteiger partial charge < -0.3 is 9.84 Å². The van der Waals surface area contributed by atoms with Crippen molar-refractivity contribution >= 4 is 5.97 Å². The molecule has 0 saturated carbocycles. The number of aliphatic hydroxyl groups excluding tert-OH is 1. The molecule has 0 rings (SSSR count). The number of carbonyl (C=O) groups is 1. The average molecular weight is 186 g/mol. The lowest BCUT2D eigenvalue weighted by atomic mass is 9.97. The molecule has 0 saturated heterocycles. The number of hydrogen-bond acceptors (Lipinski definition) is 3. The van der Waals surface area contributed by atoms with Crippen molar-refractivity contribution in [1.82, 2.24) is 0 Å². The predicted octanol–water partition coefficient (Wildman–Crippen LogP) is 1.51. The van der Waals surface area contributed by atoms with Crippen LogP contribution in [0.1, 0.15) is 26.7 Å². The number of esters is 1. The lowest BCUT2D eigenvalue weighted by molar-refractivity contribution is -0.151. The lowest BCUT2D eigenvalue weighted by Crippen LogP contribution is -2.28. The first-order chi connectivity index (χ1) is 6.17. The number of carbonyl (C=O) groups excluding carboxylic acids is 1. The molecule has 3 heteroatoms. The molecule has 76 valence electrons. The second kappa shape index (κ2) is 6.66. The topological polar surface area (TPSA) is 46.5 Å². The minimum Gasteiger partial charge on any atom is -0.466 e. The molecule has 0 heterocycles. The molecule has 0 radical (unpaired) electrons. The molecule has 0 aliphatic heterocycles. The summed E-state index contributed by atoms with van der Waals surface area (Å²) in [7, 11) is 0. The molecule has 0 aromatic carbocycles. The van der Waals surface area contributed by atoms with Crippen LogP contribution in [0.5, 0.6) is 0 Å². The maximum Gasteiger partial charge on any atom is 0.311 e. The molecule has 0 aliphatic carbocycles. The molecule has 13 heavy (non-hydrogen) atoms. The number of hydrogen-bond donors (Lipinski definition) is 1.